The van der Waals surface area contributed by atoms with Crippen LogP contribution in [0.25, 0.3) is 0 Å². The molecule has 0 aromatic carbocycles. The fourth-order valence-electron chi connectivity index (χ4n) is 1.37. The number of nitrogens with zero attached hydrogens (tertiary/aromatic N) is 1. The van der Waals surface area contributed by atoms with Gasteiger partial charge in [0.15, 0.2) is 0 Å². The Bertz CT molecular complexity index is 332. The minimum Gasteiger partial charge on any atom is -0.281 e. The van der Waals surface area contributed by atoms with Crippen LogP contribution in [-0.2, 0) is 0 Å². The van der Waals surface area contributed by atoms with Crippen LogP contribution in [0.2, 0.25) is 0 Å². The van der Waals surface area contributed by atoms with Crippen LogP contribution in [0.4, 0.5) is 0 Å². The van der Waals surface area contributed by atoms with Crippen LogP contribution >= 0.6 is 30.7 Å². The molecule has 0 atom stereocenters. The van der Waals surface area contributed by atoms with Gasteiger partial charge in [0.2, 0.25) is 0 Å². The Kier molecular flexibility index (Phi) is 3.34. The summed E-state index contributed by atoms with van der Waals surface area (Å²) in [6.07, 6.45) is 0. The number of hydrogen-bond acceptors (Lipinski definition) is 3. The Balaban J connectivity index is 2.35. The topological polar surface area (TPSA) is 3.24 Å². The van der Waals surface area contributed by atoms with Crippen LogP contribution in [0.5, 0.6) is 0 Å². The summed E-state index contributed by atoms with van der Waals surface area (Å²) in [6, 6.07) is 4.46. The number of thiophene rings is 2. The van der Waals surface area contributed by atoms with Gasteiger partial charge < -0.3 is 0 Å². The predicted octanol–water partition coefficient (Wildman–Crippen LogP) is 2.72. The van der Waals surface area contributed by atoms with Gasteiger partial charge in [-0.25, -0.2) is 0 Å². The van der Waals surface area contributed by atoms with Crippen molar-refractivity contribution in [1.82, 2.24) is 4.67 Å². The largest absolute Gasteiger partial charge is 0.281 e. The van der Waals surface area contributed by atoms with Gasteiger partial charge in [-0.05, 0) is 47.7 Å². The lowest BCUT2D eigenvalue weighted by Gasteiger charge is -2.22. The molecule has 1 nitrogen and oxygen atoms in total. The van der Waals surface area contributed by atoms with E-state index in [1.807, 2.05) is 0 Å². The molecule has 0 unspecified atom stereocenters. The van der Waals surface area contributed by atoms with Crippen molar-refractivity contribution in [2.75, 3.05) is 14.1 Å². The van der Waals surface area contributed by atoms with Crippen molar-refractivity contribution >= 4 is 41.4 Å². The second-order valence-corrected chi connectivity index (χ2v) is 7.14. The maximum Gasteiger partial charge on any atom is 0.0293 e. The molecule has 2 aromatic rings. The van der Waals surface area contributed by atoms with E-state index in [4.69, 9.17) is 0 Å². The third-order valence-electron chi connectivity index (χ3n) is 1.90. The first-order chi connectivity index (χ1) is 6.79. The molecule has 4 heteroatoms. The second-order valence-electron chi connectivity index (χ2n) is 3.12. The molecule has 74 valence electrons. The Morgan fingerprint density at radius 1 is 1.00 bits per heavy atom. The summed E-state index contributed by atoms with van der Waals surface area (Å²) in [7, 11) is 4.03. The van der Waals surface area contributed by atoms with Crippen LogP contribution < -0.4 is 10.6 Å². The van der Waals surface area contributed by atoms with E-state index in [2.05, 4.69) is 52.4 Å². The molecule has 0 N–H and O–H groups in total. The summed E-state index contributed by atoms with van der Waals surface area (Å²) in [5.41, 5.74) is 0. The van der Waals surface area contributed by atoms with E-state index in [0.717, 1.165) is 0 Å². The molecule has 2 aromatic heterocycles. The lowest BCUT2D eigenvalue weighted by Crippen LogP contribution is -2.20. The molecule has 2 heterocycles. The molecule has 0 saturated heterocycles. The average Bonchev–Trinajstić information content (AvgIpc) is 2.75. The van der Waals surface area contributed by atoms with Gasteiger partial charge in [0, 0.05) is 18.7 Å². The zero-order chi connectivity index (χ0) is 9.97. The van der Waals surface area contributed by atoms with Gasteiger partial charge in [-0.15, -0.1) is 0 Å². The second kappa shape index (κ2) is 4.54. The number of rotatable bonds is 3. The molecule has 0 aliphatic heterocycles. The molecule has 0 aliphatic carbocycles. The third kappa shape index (κ3) is 2.06. The van der Waals surface area contributed by atoms with Crippen molar-refractivity contribution in [3.8, 4) is 0 Å². The summed E-state index contributed by atoms with van der Waals surface area (Å²) in [5.74, 6) is 0. The highest BCUT2D eigenvalue weighted by Crippen LogP contribution is 2.36. The fraction of sp³-hybridized carbons (Fsp3) is 0.200. The molecule has 2 rings (SSSR count). The Labute approximate surface area is 93.8 Å². The van der Waals surface area contributed by atoms with Gasteiger partial charge in [-0.1, -0.05) is 0 Å². The summed E-state index contributed by atoms with van der Waals surface area (Å²) >= 11 is 3.55. The van der Waals surface area contributed by atoms with Crippen molar-refractivity contribution in [1.29, 1.82) is 0 Å². The van der Waals surface area contributed by atoms with Crippen molar-refractivity contribution in [3.63, 3.8) is 0 Å². The highest BCUT2D eigenvalue weighted by atomic mass is 32.1. The van der Waals surface area contributed by atoms with Gasteiger partial charge >= 0.3 is 0 Å². The molecule has 0 fully saturated rings. The summed E-state index contributed by atoms with van der Waals surface area (Å²) in [5, 5.41) is 11.7. The molecule has 0 bridgehead atoms. The van der Waals surface area contributed by atoms with Gasteiger partial charge in [-0.2, -0.15) is 22.7 Å². The fourth-order valence-corrected chi connectivity index (χ4v) is 5.43. The standard InChI is InChI=1S/C10H12NPS2/c1-11(2)12(9-3-5-13-7-9)10-4-6-14-8-10/h3-8H,1-2H3. The highest BCUT2D eigenvalue weighted by molar-refractivity contribution is 7.71. The monoisotopic (exact) mass is 241 g/mol. The molecule has 0 radical (unpaired) electrons. The first-order valence-electron chi connectivity index (χ1n) is 4.31. The van der Waals surface area contributed by atoms with Crippen LogP contribution in [0.1, 0.15) is 0 Å². The molecule has 0 aliphatic rings. The lowest BCUT2D eigenvalue weighted by atomic mass is 10.7. The third-order valence-corrected chi connectivity index (χ3v) is 5.95. The SMILES string of the molecule is CN(C)P(c1ccsc1)c1ccsc1. The molecule has 0 saturated carbocycles. The van der Waals surface area contributed by atoms with E-state index in [0.29, 0.717) is 0 Å². The quantitative estimate of drug-likeness (QED) is 0.747. The maximum atomic E-state index is 2.32. The first-order valence-corrected chi connectivity index (χ1v) is 7.49. The van der Waals surface area contributed by atoms with Crippen molar-refractivity contribution < 1.29 is 0 Å². The van der Waals surface area contributed by atoms with Gasteiger partial charge in [-0.3, -0.25) is 4.67 Å². The maximum absolute atomic E-state index is 2.32. The average molecular weight is 241 g/mol. The van der Waals surface area contributed by atoms with E-state index in [-0.39, 0.29) is 8.07 Å². The Morgan fingerprint density at radius 2 is 1.50 bits per heavy atom. The zero-order valence-corrected chi connectivity index (χ0v) is 10.7. The van der Waals surface area contributed by atoms with Crippen LogP contribution in [0.3, 0.4) is 0 Å². The Morgan fingerprint density at radius 3 is 1.79 bits per heavy atom. The normalized spacial score (nSPS) is 11.4. The predicted molar refractivity (Wildman–Crippen MR) is 68.5 cm³/mol. The van der Waals surface area contributed by atoms with Crippen LogP contribution in [-0.4, -0.2) is 18.8 Å². The van der Waals surface area contributed by atoms with Crippen LogP contribution in [0, 0.1) is 0 Å². The van der Waals surface area contributed by atoms with Crippen LogP contribution in [0.15, 0.2) is 33.7 Å². The van der Waals surface area contributed by atoms with E-state index in [1.165, 1.54) is 10.6 Å². The molecule has 0 spiro atoms. The van der Waals surface area contributed by atoms with Crippen molar-refractivity contribution in [2.24, 2.45) is 0 Å². The molecular formula is C10H12NPS2. The van der Waals surface area contributed by atoms with E-state index >= 15 is 0 Å². The minimum absolute atomic E-state index is 0.282. The molecule has 0 amide bonds. The van der Waals surface area contributed by atoms with Gasteiger partial charge in [0.05, 0.1) is 0 Å². The van der Waals surface area contributed by atoms with Crippen molar-refractivity contribution in [2.45, 2.75) is 0 Å². The lowest BCUT2D eigenvalue weighted by molar-refractivity contribution is 0.690. The highest BCUT2D eigenvalue weighted by Gasteiger charge is 2.16. The number of hydrogen-bond donors (Lipinski definition) is 0. The molecular weight excluding hydrogens is 229 g/mol. The molecule has 14 heavy (non-hydrogen) atoms. The summed E-state index contributed by atoms with van der Waals surface area (Å²) < 4.78 is 2.32. The van der Waals surface area contributed by atoms with Crippen molar-refractivity contribution in [3.05, 3.63) is 33.7 Å². The smallest absolute Gasteiger partial charge is 0.0293 e. The van der Waals surface area contributed by atoms with E-state index in [9.17, 15) is 0 Å². The summed E-state index contributed by atoms with van der Waals surface area (Å²) in [4.78, 5) is 0. The Hall–Kier alpha value is -0.210. The van der Waals surface area contributed by atoms with Gasteiger partial charge in [0.1, 0.15) is 0 Å². The zero-order valence-electron chi connectivity index (χ0n) is 8.18. The van der Waals surface area contributed by atoms with Gasteiger partial charge in [0.25, 0.3) is 0 Å². The summed E-state index contributed by atoms with van der Waals surface area (Å²) in [6.45, 7) is 0. The minimum atomic E-state index is -0.282. The van der Waals surface area contributed by atoms with E-state index < -0.39 is 0 Å². The van der Waals surface area contributed by atoms with E-state index in [1.54, 1.807) is 22.7 Å². The first kappa shape index (κ1) is 10.3.